The molecule has 0 aliphatic carbocycles. The van der Waals surface area contributed by atoms with E-state index in [-0.39, 0.29) is 11.2 Å². The number of nitrogens with zero attached hydrogens (tertiary/aromatic N) is 3. The summed E-state index contributed by atoms with van der Waals surface area (Å²) in [7, 11) is 4.00. The molecule has 1 heterocycles. The monoisotopic (exact) mass is 396 g/mol. The molecule has 1 aliphatic rings. The van der Waals surface area contributed by atoms with Gasteiger partial charge in [-0.3, -0.25) is 4.79 Å². The molecule has 7 heteroatoms. The van der Waals surface area contributed by atoms with Crippen molar-refractivity contribution in [3.05, 3.63) is 59.7 Å². The van der Waals surface area contributed by atoms with Gasteiger partial charge in [0.05, 0.1) is 18.1 Å². The van der Waals surface area contributed by atoms with E-state index >= 15 is 0 Å². The van der Waals surface area contributed by atoms with E-state index in [4.69, 9.17) is 4.74 Å². The van der Waals surface area contributed by atoms with Crippen molar-refractivity contribution in [3.63, 3.8) is 0 Å². The van der Waals surface area contributed by atoms with Gasteiger partial charge in [-0.25, -0.2) is 0 Å². The molecule has 0 radical (unpaired) electrons. The number of hydrogen-bond donors (Lipinski definition) is 1. The van der Waals surface area contributed by atoms with Crippen molar-refractivity contribution in [3.8, 4) is 5.75 Å². The number of carbonyl (C=O) groups is 1. The molecule has 1 unspecified atom stereocenters. The minimum atomic E-state index is -0.203. The Morgan fingerprint density at radius 2 is 1.86 bits per heavy atom. The van der Waals surface area contributed by atoms with Gasteiger partial charge in [0.1, 0.15) is 5.75 Å². The maximum atomic E-state index is 12.2. The molecule has 2 aromatic rings. The number of rotatable bonds is 7. The first kappa shape index (κ1) is 19.9. The second kappa shape index (κ2) is 9.41. The van der Waals surface area contributed by atoms with Crippen molar-refractivity contribution in [1.82, 2.24) is 5.32 Å². The smallest absolute Gasteiger partial charge is 0.239 e. The number of amides is 1. The van der Waals surface area contributed by atoms with Crippen molar-refractivity contribution in [2.45, 2.75) is 18.6 Å². The molecule has 3 rings (SSSR count). The Morgan fingerprint density at radius 1 is 1.14 bits per heavy atom. The molecule has 2 aromatic carbocycles. The molecule has 1 amide bonds. The zero-order chi connectivity index (χ0) is 19.9. The molecular formula is C21H24N4O2S. The van der Waals surface area contributed by atoms with E-state index in [1.807, 2.05) is 74.4 Å². The third-order valence-electron chi connectivity index (χ3n) is 4.20. The van der Waals surface area contributed by atoms with Crippen LogP contribution in [0.25, 0.3) is 0 Å². The molecule has 6 nitrogen and oxygen atoms in total. The van der Waals surface area contributed by atoms with Crippen LogP contribution in [0.3, 0.4) is 0 Å². The van der Waals surface area contributed by atoms with Gasteiger partial charge in [-0.15, -0.1) is 5.10 Å². The van der Waals surface area contributed by atoms with Crippen molar-refractivity contribution < 1.29 is 9.53 Å². The Labute approximate surface area is 169 Å². The molecule has 1 aliphatic heterocycles. The van der Waals surface area contributed by atoms with Crippen LogP contribution in [-0.4, -0.2) is 43.2 Å². The Kier molecular flexibility index (Phi) is 6.71. The summed E-state index contributed by atoms with van der Waals surface area (Å²) in [5.41, 5.74) is 3.16. The highest BCUT2D eigenvalue weighted by Crippen LogP contribution is 2.24. The lowest BCUT2D eigenvalue weighted by molar-refractivity contribution is -0.118. The van der Waals surface area contributed by atoms with E-state index in [0.29, 0.717) is 18.2 Å². The number of thioether (sulfide) groups is 1. The maximum absolute atomic E-state index is 12.2. The van der Waals surface area contributed by atoms with E-state index in [1.54, 1.807) is 6.21 Å². The summed E-state index contributed by atoms with van der Waals surface area (Å²) >= 11 is 1.41. The van der Waals surface area contributed by atoms with Crippen LogP contribution in [0.2, 0.25) is 0 Å². The van der Waals surface area contributed by atoms with Crippen molar-refractivity contribution in [2.24, 2.45) is 10.2 Å². The normalized spacial score (nSPS) is 17.9. The van der Waals surface area contributed by atoms with Crippen molar-refractivity contribution in [2.75, 3.05) is 25.6 Å². The van der Waals surface area contributed by atoms with Crippen molar-refractivity contribution >= 4 is 34.7 Å². The Balaban J connectivity index is 1.57. The van der Waals surface area contributed by atoms with Crippen molar-refractivity contribution in [1.29, 1.82) is 0 Å². The molecule has 0 spiro atoms. The summed E-state index contributed by atoms with van der Waals surface area (Å²) in [6.07, 6.45) is 2.32. The van der Waals surface area contributed by atoms with Crippen LogP contribution in [0.5, 0.6) is 5.75 Å². The highest BCUT2D eigenvalue weighted by atomic mass is 32.2. The summed E-state index contributed by atoms with van der Waals surface area (Å²) < 4.78 is 5.45. The van der Waals surface area contributed by atoms with Gasteiger partial charge < -0.3 is 15.0 Å². The molecule has 1 fully saturated rings. The van der Waals surface area contributed by atoms with Gasteiger partial charge in [0, 0.05) is 19.8 Å². The van der Waals surface area contributed by atoms with E-state index in [0.717, 1.165) is 22.6 Å². The first-order chi connectivity index (χ1) is 13.5. The third kappa shape index (κ3) is 5.36. The molecular weight excluding hydrogens is 372 g/mol. The number of ether oxygens (including phenoxy) is 1. The molecule has 0 bridgehead atoms. The zero-order valence-electron chi connectivity index (χ0n) is 16.3. The minimum Gasteiger partial charge on any atom is -0.494 e. The molecule has 0 aromatic heterocycles. The summed E-state index contributed by atoms with van der Waals surface area (Å²) in [6, 6.07) is 15.8. The van der Waals surface area contributed by atoms with E-state index in [2.05, 4.69) is 15.5 Å². The lowest BCUT2D eigenvalue weighted by Gasteiger charge is -2.11. The standard InChI is InChI=1S/C21H24N4O2S/c1-4-27-18-11-7-15(8-12-18)13-19-20(26)23-21(28-19)24-22-14-16-5-9-17(10-6-16)25(2)3/h5-12,14,19H,4,13H2,1-3H3,(H,23,24,26). The van der Waals surface area contributed by atoms with Gasteiger partial charge in [0.15, 0.2) is 5.17 Å². The number of amidine groups is 1. The summed E-state index contributed by atoms with van der Waals surface area (Å²) in [5, 5.41) is 11.4. The zero-order valence-corrected chi connectivity index (χ0v) is 17.1. The highest BCUT2D eigenvalue weighted by Gasteiger charge is 2.30. The Morgan fingerprint density at radius 3 is 2.50 bits per heavy atom. The fourth-order valence-corrected chi connectivity index (χ4v) is 3.66. The van der Waals surface area contributed by atoms with Crippen LogP contribution in [-0.2, 0) is 11.2 Å². The summed E-state index contributed by atoms with van der Waals surface area (Å²) in [6.45, 7) is 2.59. The van der Waals surface area contributed by atoms with Gasteiger partial charge in [-0.05, 0) is 48.7 Å². The second-order valence-electron chi connectivity index (χ2n) is 6.51. The van der Waals surface area contributed by atoms with Crippen LogP contribution < -0.4 is 15.0 Å². The van der Waals surface area contributed by atoms with Crippen LogP contribution in [0.4, 0.5) is 5.69 Å². The van der Waals surface area contributed by atoms with Gasteiger partial charge in [0.2, 0.25) is 5.91 Å². The van der Waals surface area contributed by atoms with Gasteiger partial charge in [-0.1, -0.05) is 36.0 Å². The van der Waals surface area contributed by atoms with Crippen LogP contribution in [0.15, 0.2) is 58.7 Å². The first-order valence-electron chi connectivity index (χ1n) is 9.13. The number of hydrogen-bond acceptors (Lipinski definition) is 6. The topological polar surface area (TPSA) is 66.3 Å². The average Bonchev–Trinajstić information content (AvgIpc) is 3.03. The quantitative estimate of drug-likeness (QED) is 0.576. The van der Waals surface area contributed by atoms with Crippen LogP contribution in [0, 0.1) is 0 Å². The molecule has 28 heavy (non-hydrogen) atoms. The van der Waals surface area contributed by atoms with E-state index in [1.165, 1.54) is 11.8 Å². The largest absolute Gasteiger partial charge is 0.494 e. The molecule has 1 saturated heterocycles. The first-order valence-corrected chi connectivity index (χ1v) is 10.0. The van der Waals surface area contributed by atoms with E-state index < -0.39 is 0 Å². The number of anilines is 1. The second-order valence-corrected chi connectivity index (χ2v) is 7.70. The summed E-state index contributed by atoms with van der Waals surface area (Å²) in [5.74, 6) is 0.799. The molecule has 0 saturated carbocycles. The predicted octanol–water partition coefficient (Wildman–Crippen LogP) is 3.32. The van der Waals surface area contributed by atoms with Gasteiger partial charge in [0.25, 0.3) is 0 Å². The van der Waals surface area contributed by atoms with Crippen LogP contribution in [0.1, 0.15) is 18.1 Å². The Bertz CT molecular complexity index is 861. The lowest BCUT2D eigenvalue weighted by Crippen LogP contribution is -2.25. The molecule has 146 valence electrons. The van der Waals surface area contributed by atoms with E-state index in [9.17, 15) is 4.79 Å². The fraction of sp³-hybridized carbons (Fsp3) is 0.286. The highest BCUT2D eigenvalue weighted by molar-refractivity contribution is 8.15. The average molecular weight is 397 g/mol. The summed E-state index contributed by atoms with van der Waals surface area (Å²) in [4.78, 5) is 14.2. The molecule has 1 N–H and O–H groups in total. The van der Waals surface area contributed by atoms with Gasteiger partial charge in [-0.2, -0.15) is 5.10 Å². The number of benzene rings is 2. The fourth-order valence-electron chi connectivity index (χ4n) is 2.70. The number of carbonyl (C=O) groups excluding carboxylic acids is 1. The lowest BCUT2D eigenvalue weighted by atomic mass is 10.1. The Hall–Kier alpha value is -2.80. The SMILES string of the molecule is CCOc1ccc(CC2SC(=NN=Cc3ccc(N(C)C)cc3)NC2=O)cc1. The minimum absolute atomic E-state index is 0.0387. The molecule has 1 atom stereocenters. The van der Waals surface area contributed by atoms with Gasteiger partial charge >= 0.3 is 0 Å². The predicted molar refractivity (Wildman–Crippen MR) is 117 cm³/mol. The number of nitrogens with one attached hydrogen (secondary N) is 1. The van der Waals surface area contributed by atoms with Crippen LogP contribution >= 0.6 is 11.8 Å². The third-order valence-corrected chi connectivity index (χ3v) is 5.27. The maximum Gasteiger partial charge on any atom is 0.239 e.